The standard InChI is InChI=1S/C12H20N4O2S/c1-16-8-2-3-11(16)9-14-19(17,18)12-6-4-10(15-13)5-7-12/h4-7,11,14-15H,2-3,8-9,13H2,1H3. The minimum atomic E-state index is -3.44. The number of nitrogens with one attached hydrogen (secondary N) is 2. The lowest BCUT2D eigenvalue weighted by atomic mass is 10.2. The molecule has 19 heavy (non-hydrogen) atoms. The van der Waals surface area contributed by atoms with E-state index in [9.17, 15) is 8.42 Å². The zero-order chi connectivity index (χ0) is 13.9. The summed E-state index contributed by atoms with van der Waals surface area (Å²) in [6.45, 7) is 1.49. The fourth-order valence-electron chi connectivity index (χ4n) is 2.26. The van der Waals surface area contributed by atoms with Crippen molar-refractivity contribution >= 4 is 15.7 Å². The Bertz CT molecular complexity index is 515. The Morgan fingerprint density at radius 1 is 1.37 bits per heavy atom. The SMILES string of the molecule is CN1CCCC1CNS(=O)(=O)c1ccc(NN)cc1. The highest BCUT2D eigenvalue weighted by atomic mass is 32.2. The third kappa shape index (κ3) is 3.44. The summed E-state index contributed by atoms with van der Waals surface area (Å²) >= 11 is 0. The molecule has 0 amide bonds. The van der Waals surface area contributed by atoms with Gasteiger partial charge in [0.05, 0.1) is 4.90 Å². The maximum Gasteiger partial charge on any atom is 0.240 e. The molecule has 1 atom stereocenters. The van der Waals surface area contributed by atoms with Crippen molar-refractivity contribution in [2.24, 2.45) is 5.84 Å². The number of rotatable bonds is 5. The summed E-state index contributed by atoms with van der Waals surface area (Å²) in [6.07, 6.45) is 2.16. The largest absolute Gasteiger partial charge is 0.324 e. The van der Waals surface area contributed by atoms with E-state index >= 15 is 0 Å². The minimum Gasteiger partial charge on any atom is -0.324 e. The Balaban J connectivity index is 2.01. The van der Waals surface area contributed by atoms with E-state index in [0.717, 1.165) is 19.4 Å². The molecule has 0 bridgehead atoms. The average molecular weight is 284 g/mol. The smallest absolute Gasteiger partial charge is 0.240 e. The lowest BCUT2D eigenvalue weighted by Gasteiger charge is -2.19. The van der Waals surface area contributed by atoms with Crippen LogP contribution >= 0.6 is 0 Å². The van der Waals surface area contributed by atoms with E-state index in [1.54, 1.807) is 12.1 Å². The van der Waals surface area contributed by atoms with E-state index in [0.29, 0.717) is 18.3 Å². The van der Waals surface area contributed by atoms with Crippen LogP contribution in [0.2, 0.25) is 0 Å². The molecule has 2 rings (SSSR count). The number of hydrazine groups is 1. The molecule has 1 aliphatic heterocycles. The molecule has 1 fully saturated rings. The predicted octanol–water partition coefficient (Wildman–Crippen LogP) is 0.345. The number of hydrogen-bond acceptors (Lipinski definition) is 5. The second-order valence-corrected chi connectivity index (χ2v) is 6.56. The first-order valence-electron chi connectivity index (χ1n) is 6.29. The molecule has 1 aromatic carbocycles. The van der Waals surface area contributed by atoms with Crippen molar-refractivity contribution in [2.75, 3.05) is 25.6 Å². The Hall–Kier alpha value is -1.15. The Kier molecular flexibility index (Phi) is 4.41. The van der Waals surface area contributed by atoms with Crippen molar-refractivity contribution in [2.45, 2.75) is 23.8 Å². The molecule has 7 heteroatoms. The molecule has 0 saturated carbocycles. The van der Waals surface area contributed by atoms with Crippen LogP contribution in [0.15, 0.2) is 29.2 Å². The first-order chi connectivity index (χ1) is 9.03. The van der Waals surface area contributed by atoms with Crippen molar-refractivity contribution in [1.29, 1.82) is 0 Å². The van der Waals surface area contributed by atoms with Crippen LogP contribution in [-0.2, 0) is 10.0 Å². The molecule has 1 unspecified atom stereocenters. The highest BCUT2D eigenvalue weighted by molar-refractivity contribution is 7.89. The molecule has 0 radical (unpaired) electrons. The first kappa shape index (κ1) is 14.3. The summed E-state index contributed by atoms with van der Waals surface area (Å²) in [5.41, 5.74) is 3.14. The molecule has 4 N–H and O–H groups in total. The highest BCUT2D eigenvalue weighted by Crippen LogP contribution is 2.16. The number of benzene rings is 1. The van der Waals surface area contributed by atoms with Gasteiger partial charge in [0.2, 0.25) is 10.0 Å². The number of likely N-dealkylation sites (tertiary alicyclic amines) is 1. The normalized spacial score (nSPS) is 20.6. The van der Waals surface area contributed by atoms with Gasteiger partial charge in [0.15, 0.2) is 0 Å². The molecule has 1 aromatic rings. The van der Waals surface area contributed by atoms with E-state index in [2.05, 4.69) is 15.0 Å². The Morgan fingerprint density at radius 2 is 2.05 bits per heavy atom. The first-order valence-corrected chi connectivity index (χ1v) is 7.78. The highest BCUT2D eigenvalue weighted by Gasteiger charge is 2.23. The van der Waals surface area contributed by atoms with Crippen molar-refractivity contribution in [3.8, 4) is 0 Å². The van der Waals surface area contributed by atoms with Gasteiger partial charge >= 0.3 is 0 Å². The summed E-state index contributed by atoms with van der Waals surface area (Å²) in [5.74, 6) is 5.25. The molecule has 0 aliphatic carbocycles. The van der Waals surface area contributed by atoms with E-state index in [1.807, 2.05) is 7.05 Å². The lowest BCUT2D eigenvalue weighted by molar-refractivity contribution is 0.311. The third-order valence-electron chi connectivity index (χ3n) is 3.51. The van der Waals surface area contributed by atoms with E-state index in [1.165, 1.54) is 12.1 Å². The van der Waals surface area contributed by atoms with Gasteiger partial charge in [-0.2, -0.15) is 0 Å². The van der Waals surface area contributed by atoms with Crippen molar-refractivity contribution in [1.82, 2.24) is 9.62 Å². The van der Waals surface area contributed by atoms with Gasteiger partial charge in [-0.3, -0.25) is 5.84 Å². The number of nitrogens with two attached hydrogens (primary N) is 1. The number of sulfonamides is 1. The summed E-state index contributed by atoms with van der Waals surface area (Å²) in [6, 6.07) is 6.64. The van der Waals surface area contributed by atoms with Crippen LogP contribution < -0.4 is 16.0 Å². The van der Waals surface area contributed by atoms with Gasteiger partial charge < -0.3 is 10.3 Å². The fraction of sp³-hybridized carbons (Fsp3) is 0.500. The summed E-state index contributed by atoms with van der Waals surface area (Å²) in [7, 11) is -1.42. The van der Waals surface area contributed by atoms with Gasteiger partial charge in [-0.25, -0.2) is 13.1 Å². The van der Waals surface area contributed by atoms with Crippen LogP contribution in [0.25, 0.3) is 0 Å². The fourth-order valence-corrected chi connectivity index (χ4v) is 3.33. The molecule has 0 aromatic heterocycles. The average Bonchev–Trinajstić information content (AvgIpc) is 2.82. The molecule has 6 nitrogen and oxygen atoms in total. The molecule has 106 valence electrons. The molecule has 1 aliphatic rings. The van der Waals surface area contributed by atoms with Gasteiger partial charge in [-0.05, 0) is 50.7 Å². The second kappa shape index (κ2) is 5.87. The number of nitrogen functional groups attached to an aromatic ring is 1. The van der Waals surface area contributed by atoms with Crippen molar-refractivity contribution in [3.63, 3.8) is 0 Å². The summed E-state index contributed by atoms with van der Waals surface area (Å²) in [5, 5.41) is 0. The van der Waals surface area contributed by atoms with Crippen LogP contribution in [0.5, 0.6) is 0 Å². The Labute approximate surface area is 114 Å². The zero-order valence-corrected chi connectivity index (χ0v) is 11.8. The summed E-state index contributed by atoms with van der Waals surface area (Å²) in [4.78, 5) is 2.44. The maximum absolute atomic E-state index is 12.1. The van der Waals surface area contributed by atoms with Crippen LogP contribution in [0.4, 0.5) is 5.69 Å². The monoisotopic (exact) mass is 284 g/mol. The number of hydrogen-bond donors (Lipinski definition) is 3. The maximum atomic E-state index is 12.1. The van der Waals surface area contributed by atoms with E-state index in [-0.39, 0.29) is 4.90 Å². The van der Waals surface area contributed by atoms with Gasteiger partial charge in [-0.15, -0.1) is 0 Å². The number of nitrogens with zero attached hydrogens (tertiary/aromatic N) is 1. The van der Waals surface area contributed by atoms with Gasteiger partial charge in [0.25, 0.3) is 0 Å². The van der Waals surface area contributed by atoms with Gasteiger partial charge in [0.1, 0.15) is 0 Å². The van der Waals surface area contributed by atoms with Crippen molar-refractivity contribution < 1.29 is 8.42 Å². The zero-order valence-electron chi connectivity index (χ0n) is 11.0. The van der Waals surface area contributed by atoms with E-state index in [4.69, 9.17) is 5.84 Å². The molecule has 1 heterocycles. The minimum absolute atomic E-state index is 0.257. The third-order valence-corrected chi connectivity index (χ3v) is 4.95. The molecule has 0 spiro atoms. The number of anilines is 1. The lowest BCUT2D eigenvalue weighted by Crippen LogP contribution is -2.38. The summed E-state index contributed by atoms with van der Waals surface area (Å²) < 4.78 is 26.9. The molecular formula is C12H20N4O2S. The van der Waals surface area contributed by atoms with Crippen molar-refractivity contribution in [3.05, 3.63) is 24.3 Å². The Morgan fingerprint density at radius 3 is 2.58 bits per heavy atom. The molecular weight excluding hydrogens is 264 g/mol. The van der Waals surface area contributed by atoms with Crippen LogP contribution in [0, 0.1) is 0 Å². The van der Waals surface area contributed by atoms with E-state index < -0.39 is 10.0 Å². The van der Waals surface area contributed by atoms with Crippen LogP contribution in [-0.4, -0.2) is 39.5 Å². The second-order valence-electron chi connectivity index (χ2n) is 4.80. The van der Waals surface area contributed by atoms with Gasteiger partial charge in [0, 0.05) is 18.3 Å². The van der Waals surface area contributed by atoms with Crippen LogP contribution in [0.1, 0.15) is 12.8 Å². The van der Waals surface area contributed by atoms with Crippen LogP contribution in [0.3, 0.4) is 0 Å². The topological polar surface area (TPSA) is 87.5 Å². The predicted molar refractivity (Wildman–Crippen MR) is 75.1 cm³/mol. The quantitative estimate of drug-likeness (QED) is 0.536. The number of likely N-dealkylation sites (N-methyl/N-ethyl adjacent to an activating group) is 1. The van der Waals surface area contributed by atoms with Gasteiger partial charge in [-0.1, -0.05) is 0 Å². The molecule has 1 saturated heterocycles.